The van der Waals surface area contributed by atoms with E-state index in [9.17, 15) is 4.79 Å². The number of hydrogen-bond donors (Lipinski definition) is 4. The number of aromatic nitrogens is 3. The lowest BCUT2D eigenvalue weighted by Crippen LogP contribution is -2.36. The van der Waals surface area contributed by atoms with Crippen LogP contribution in [0.3, 0.4) is 0 Å². The van der Waals surface area contributed by atoms with Crippen LogP contribution in [0.1, 0.15) is 19.3 Å². The highest BCUT2D eigenvalue weighted by molar-refractivity contribution is 6.15. The lowest BCUT2D eigenvalue weighted by molar-refractivity contribution is -0.117. The minimum absolute atomic E-state index is 0.289. The maximum Gasteiger partial charge on any atom is 0.242 e. The summed E-state index contributed by atoms with van der Waals surface area (Å²) in [4.78, 5) is 15.4. The van der Waals surface area contributed by atoms with Gasteiger partial charge in [-0.25, -0.2) is 4.84 Å². The number of nitrogens with zero attached hydrogens (tertiary/aromatic N) is 2. The van der Waals surface area contributed by atoms with E-state index in [1.165, 1.54) is 14.2 Å². The standard InChI is InChI=1S/C24H31ClN6O5/c1-33-18-9-8-14(11-17(18)27-24(32)16(28-25)7-5-6-10-26)21-22(30-31-29-21)15-12-19(34-2)23(36-4)20(13-15)35-3/h8-9,11-13,16,28H,5-7,10,26H2,1-4H3,(H,27,32)(H,29,30,31). The van der Waals surface area contributed by atoms with E-state index in [1.807, 2.05) is 6.07 Å². The molecule has 1 atom stereocenters. The SMILES string of the molecule is COc1ccc(-c2n[nH]nc2-c2cc(OC)c(OC)c(OC)c2)cc1NC(=O)C(CCCCN)NCl. The quantitative estimate of drug-likeness (QED) is 0.197. The van der Waals surface area contributed by atoms with Crippen LogP contribution >= 0.6 is 11.8 Å². The number of methoxy groups -OCH3 is 4. The van der Waals surface area contributed by atoms with Gasteiger partial charge < -0.3 is 30.0 Å². The highest BCUT2D eigenvalue weighted by Gasteiger charge is 2.22. The van der Waals surface area contributed by atoms with E-state index in [2.05, 4.69) is 25.6 Å². The Kier molecular flexibility index (Phi) is 9.74. The number of rotatable bonds is 13. The fourth-order valence-electron chi connectivity index (χ4n) is 3.75. The van der Waals surface area contributed by atoms with Crippen LogP contribution in [0.25, 0.3) is 22.5 Å². The first kappa shape index (κ1) is 27.1. The first-order chi connectivity index (χ1) is 17.5. The molecule has 1 aromatic heterocycles. The second-order valence-electron chi connectivity index (χ2n) is 7.79. The summed E-state index contributed by atoms with van der Waals surface area (Å²) in [7, 11) is 6.16. The Morgan fingerprint density at radius 2 is 1.58 bits per heavy atom. The fraction of sp³-hybridized carbons (Fsp3) is 0.375. The van der Waals surface area contributed by atoms with Crippen molar-refractivity contribution in [3.8, 4) is 45.5 Å². The Hall–Kier alpha value is -3.54. The van der Waals surface area contributed by atoms with Crippen LogP contribution in [0.4, 0.5) is 5.69 Å². The molecule has 5 N–H and O–H groups in total. The van der Waals surface area contributed by atoms with Gasteiger partial charge in [0.15, 0.2) is 11.5 Å². The first-order valence-corrected chi connectivity index (χ1v) is 11.7. The molecule has 1 unspecified atom stereocenters. The summed E-state index contributed by atoms with van der Waals surface area (Å²) in [5.41, 5.74) is 8.52. The summed E-state index contributed by atoms with van der Waals surface area (Å²) in [6.45, 7) is 0.554. The van der Waals surface area contributed by atoms with Gasteiger partial charge in [0.25, 0.3) is 0 Å². The molecule has 0 spiro atoms. The van der Waals surface area contributed by atoms with E-state index in [0.717, 1.165) is 12.8 Å². The third-order valence-corrected chi connectivity index (χ3v) is 5.88. The van der Waals surface area contributed by atoms with Gasteiger partial charge in [0.1, 0.15) is 23.2 Å². The van der Waals surface area contributed by atoms with Crippen LogP contribution in [0.5, 0.6) is 23.0 Å². The van der Waals surface area contributed by atoms with Gasteiger partial charge in [-0.2, -0.15) is 15.4 Å². The fourth-order valence-corrected chi connectivity index (χ4v) is 3.96. The largest absolute Gasteiger partial charge is 0.495 e. The molecule has 1 amide bonds. The van der Waals surface area contributed by atoms with Crippen molar-refractivity contribution in [1.29, 1.82) is 0 Å². The smallest absolute Gasteiger partial charge is 0.242 e. The summed E-state index contributed by atoms with van der Waals surface area (Å²) in [6.07, 6.45) is 2.11. The molecule has 0 aliphatic carbocycles. The molecular weight excluding hydrogens is 488 g/mol. The van der Waals surface area contributed by atoms with Crippen LogP contribution < -0.4 is 34.8 Å². The Morgan fingerprint density at radius 3 is 2.14 bits per heavy atom. The monoisotopic (exact) mass is 518 g/mol. The lowest BCUT2D eigenvalue weighted by atomic mass is 10.0. The van der Waals surface area contributed by atoms with E-state index in [1.54, 1.807) is 38.5 Å². The molecule has 0 aliphatic rings. The van der Waals surface area contributed by atoms with E-state index >= 15 is 0 Å². The molecule has 0 bridgehead atoms. The van der Waals surface area contributed by atoms with Gasteiger partial charge in [0, 0.05) is 11.1 Å². The third-order valence-electron chi connectivity index (χ3n) is 5.61. The van der Waals surface area contributed by atoms with Gasteiger partial charge in [0.05, 0.1) is 34.1 Å². The molecule has 3 aromatic rings. The Morgan fingerprint density at radius 1 is 0.944 bits per heavy atom. The molecule has 1 heterocycles. The average Bonchev–Trinajstić information content (AvgIpc) is 3.40. The Labute approximate surface area is 214 Å². The van der Waals surface area contributed by atoms with Gasteiger partial charge >= 0.3 is 0 Å². The number of hydrogen-bond acceptors (Lipinski definition) is 9. The van der Waals surface area contributed by atoms with E-state index in [0.29, 0.717) is 64.2 Å². The number of nitrogens with two attached hydrogens (primary N) is 1. The first-order valence-electron chi connectivity index (χ1n) is 11.3. The molecule has 12 heteroatoms. The van der Waals surface area contributed by atoms with Crippen LogP contribution in [0.15, 0.2) is 30.3 Å². The number of unbranched alkanes of at least 4 members (excludes halogenated alkanes) is 1. The highest BCUT2D eigenvalue weighted by atomic mass is 35.5. The normalized spacial score (nSPS) is 11.6. The van der Waals surface area contributed by atoms with Gasteiger partial charge in [-0.1, -0.05) is 6.42 Å². The highest BCUT2D eigenvalue weighted by Crippen LogP contribution is 2.42. The topological polar surface area (TPSA) is 146 Å². The van der Waals surface area contributed by atoms with Crippen LogP contribution in [0.2, 0.25) is 0 Å². The molecule has 0 aliphatic heterocycles. The van der Waals surface area contributed by atoms with Crippen LogP contribution in [-0.2, 0) is 4.79 Å². The van der Waals surface area contributed by atoms with E-state index < -0.39 is 6.04 Å². The number of carbonyl (C=O) groups is 1. The molecule has 194 valence electrons. The zero-order chi connectivity index (χ0) is 26.1. The lowest BCUT2D eigenvalue weighted by Gasteiger charge is -2.17. The van der Waals surface area contributed by atoms with Crippen molar-refractivity contribution in [2.24, 2.45) is 5.73 Å². The predicted octanol–water partition coefficient (Wildman–Crippen LogP) is 3.35. The van der Waals surface area contributed by atoms with E-state index in [4.69, 9.17) is 36.5 Å². The third kappa shape index (κ3) is 5.99. The summed E-state index contributed by atoms with van der Waals surface area (Å²) >= 11 is 5.83. The molecule has 0 fully saturated rings. The molecule has 0 radical (unpaired) electrons. The van der Waals surface area contributed by atoms with Crippen molar-refractivity contribution in [2.75, 3.05) is 40.3 Å². The maximum atomic E-state index is 12.9. The second-order valence-corrected chi connectivity index (χ2v) is 8.00. The van der Waals surface area contributed by atoms with Crippen LogP contribution in [0, 0.1) is 0 Å². The molecule has 36 heavy (non-hydrogen) atoms. The molecule has 11 nitrogen and oxygen atoms in total. The van der Waals surface area contributed by atoms with E-state index in [-0.39, 0.29) is 5.91 Å². The minimum atomic E-state index is -0.589. The molecular formula is C24H31ClN6O5. The minimum Gasteiger partial charge on any atom is -0.495 e. The number of carbonyl (C=O) groups excluding carboxylic acids is 1. The van der Waals surface area contributed by atoms with Gasteiger partial charge in [-0.3, -0.25) is 4.79 Å². The molecule has 3 rings (SSSR count). The number of amides is 1. The summed E-state index contributed by atoms with van der Waals surface area (Å²) < 4.78 is 21.8. The van der Waals surface area contributed by atoms with Crippen molar-refractivity contribution < 1.29 is 23.7 Å². The van der Waals surface area contributed by atoms with Crippen LogP contribution in [-0.4, -0.2) is 62.3 Å². The average molecular weight is 519 g/mol. The zero-order valence-corrected chi connectivity index (χ0v) is 21.4. The van der Waals surface area contributed by atoms with Gasteiger partial charge in [-0.05, 0) is 61.5 Å². The number of anilines is 1. The molecule has 2 aromatic carbocycles. The molecule has 0 saturated heterocycles. The van der Waals surface area contributed by atoms with Crippen molar-refractivity contribution in [1.82, 2.24) is 20.2 Å². The van der Waals surface area contributed by atoms with Crippen molar-refractivity contribution in [3.05, 3.63) is 30.3 Å². The number of aromatic amines is 1. The number of nitrogens with one attached hydrogen (secondary N) is 3. The second kappa shape index (κ2) is 13.0. The number of ether oxygens (including phenoxy) is 4. The summed E-state index contributed by atoms with van der Waals surface area (Å²) in [5.74, 6) is 1.63. The maximum absolute atomic E-state index is 12.9. The number of H-pyrrole nitrogens is 1. The van der Waals surface area contributed by atoms with Crippen molar-refractivity contribution in [2.45, 2.75) is 25.3 Å². The summed E-state index contributed by atoms with van der Waals surface area (Å²) in [5, 5.41) is 14.3. The number of benzene rings is 2. The Balaban J connectivity index is 1.97. The van der Waals surface area contributed by atoms with Crippen molar-refractivity contribution in [3.63, 3.8) is 0 Å². The van der Waals surface area contributed by atoms with Crippen molar-refractivity contribution >= 4 is 23.4 Å². The molecule has 0 saturated carbocycles. The van der Waals surface area contributed by atoms with Gasteiger partial charge in [0.2, 0.25) is 11.7 Å². The van der Waals surface area contributed by atoms with Gasteiger partial charge in [-0.15, -0.1) is 0 Å². The zero-order valence-electron chi connectivity index (χ0n) is 20.7. The Bertz CT molecular complexity index is 1150. The summed E-state index contributed by atoms with van der Waals surface area (Å²) in [6, 6.07) is 8.32. The predicted molar refractivity (Wildman–Crippen MR) is 138 cm³/mol. The number of halogens is 1.